The molecule has 1 heteroatoms. The number of anilines is 2. The van der Waals surface area contributed by atoms with E-state index in [1.807, 2.05) is 0 Å². The highest BCUT2D eigenvalue weighted by Crippen LogP contribution is 2.36. The Morgan fingerprint density at radius 3 is 1.52 bits per heavy atom. The number of hydrogen-bond acceptors (Lipinski definition) is 1. The Bertz CT molecular complexity index is 701. The van der Waals surface area contributed by atoms with Crippen molar-refractivity contribution >= 4 is 11.4 Å². The molecule has 136 valence electrons. The van der Waals surface area contributed by atoms with Crippen LogP contribution in [0, 0.1) is 13.8 Å². The average molecular weight is 338 g/mol. The summed E-state index contributed by atoms with van der Waals surface area (Å²) in [6.45, 7) is 21.3. The molecule has 0 aliphatic carbocycles. The molecule has 0 spiro atoms. The number of nitrogens with zero attached hydrogens (tertiary/aromatic N) is 1. The van der Waals surface area contributed by atoms with Gasteiger partial charge in [-0.2, -0.15) is 0 Å². The lowest BCUT2D eigenvalue weighted by molar-refractivity contribution is 0.589. The van der Waals surface area contributed by atoms with Crippen molar-refractivity contribution in [2.24, 2.45) is 0 Å². The van der Waals surface area contributed by atoms with Crippen molar-refractivity contribution in [2.75, 3.05) is 11.4 Å². The van der Waals surface area contributed by atoms with Gasteiger partial charge in [-0.05, 0) is 66.0 Å². The molecule has 0 heterocycles. The Balaban J connectivity index is 2.48. The van der Waals surface area contributed by atoms with Gasteiger partial charge in [-0.15, -0.1) is 0 Å². The first kappa shape index (κ1) is 19.6. The van der Waals surface area contributed by atoms with Crippen LogP contribution in [-0.2, 0) is 10.8 Å². The minimum atomic E-state index is 0.180. The molecular weight excluding hydrogens is 302 g/mol. The van der Waals surface area contributed by atoms with Gasteiger partial charge in [0, 0.05) is 17.9 Å². The molecule has 1 nitrogen and oxygen atoms in total. The molecule has 0 radical (unpaired) electrons. The first-order valence-electron chi connectivity index (χ1n) is 9.45. The molecule has 0 bridgehead atoms. The van der Waals surface area contributed by atoms with Crippen molar-refractivity contribution in [3.05, 3.63) is 58.7 Å². The maximum Gasteiger partial charge on any atom is 0.0470 e. The average Bonchev–Trinajstić information content (AvgIpc) is 2.49. The van der Waals surface area contributed by atoms with E-state index in [9.17, 15) is 0 Å². The minimum Gasteiger partial charge on any atom is -0.341 e. The first-order valence-corrected chi connectivity index (χ1v) is 9.45. The van der Waals surface area contributed by atoms with Gasteiger partial charge in [0.25, 0.3) is 0 Å². The maximum atomic E-state index is 2.43. The second kappa shape index (κ2) is 6.86. The lowest BCUT2D eigenvalue weighted by Crippen LogP contribution is -2.20. The lowest BCUT2D eigenvalue weighted by atomic mass is 9.84. The van der Waals surface area contributed by atoms with E-state index in [1.165, 1.54) is 33.6 Å². The van der Waals surface area contributed by atoms with E-state index < -0.39 is 0 Å². The van der Waals surface area contributed by atoms with Gasteiger partial charge in [0.1, 0.15) is 0 Å². The van der Waals surface area contributed by atoms with E-state index in [1.54, 1.807) is 0 Å². The van der Waals surface area contributed by atoms with Gasteiger partial charge in [0.05, 0.1) is 0 Å². The van der Waals surface area contributed by atoms with E-state index >= 15 is 0 Å². The van der Waals surface area contributed by atoms with Crippen LogP contribution in [0.25, 0.3) is 0 Å². The molecule has 0 saturated carbocycles. The molecule has 2 rings (SSSR count). The maximum absolute atomic E-state index is 2.43. The molecule has 0 N–H and O–H groups in total. The van der Waals surface area contributed by atoms with E-state index in [4.69, 9.17) is 0 Å². The zero-order valence-electron chi connectivity index (χ0n) is 17.6. The first-order chi connectivity index (χ1) is 11.4. The van der Waals surface area contributed by atoms with Crippen molar-refractivity contribution < 1.29 is 0 Å². The molecule has 0 aliphatic rings. The van der Waals surface area contributed by atoms with Crippen molar-refractivity contribution in [1.29, 1.82) is 0 Å². The summed E-state index contributed by atoms with van der Waals surface area (Å²) >= 11 is 0. The molecule has 0 atom stereocenters. The highest BCUT2D eigenvalue weighted by molar-refractivity contribution is 5.70. The summed E-state index contributed by atoms with van der Waals surface area (Å²) in [5.41, 5.74) is 8.48. The molecule has 0 aromatic heterocycles. The fourth-order valence-electron chi connectivity index (χ4n) is 3.43. The summed E-state index contributed by atoms with van der Waals surface area (Å²) in [5, 5.41) is 0. The molecule has 0 unspecified atom stereocenters. The molecule has 2 aromatic carbocycles. The Hall–Kier alpha value is -1.76. The Morgan fingerprint density at radius 1 is 0.720 bits per heavy atom. The van der Waals surface area contributed by atoms with Crippen LogP contribution in [0.3, 0.4) is 0 Å². The van der Waals surface area contributed by atoms with Gasteiger partial charge in [0.15, 0.2) is 0 Å². The fourth-order valence-corrected chi connectivity index (χ4v) is 3.43. The summed E-state index contributed by atoms with van der Waals surface area (Å²) in [6.07, 6.45) is 0. The normalized spacial score (nSPS) is 12.4. The van der Waals surface area contributed by atoms with Crippen molar-refractivity contribution in [1.82, 2.24) is 0 Å². The third kappa shape index (κ3) is 4.26. The van der Waals surface area contributed by atoms with Gasteiger partial charge in [0.2, 0.25) is 0 Å². The van der Waals surface area contributed by atoms with E-state index in [0.717, 1.165) is 6.54 Å². The van der Waals surface area contributed by atoms with Gasteiger partial charge in [-0.1, -0.05) is 65.8 Å². The number of hydrogen-bond donors (Lipinski definition) is 0. The molecule has 0 aliphatic heterocycles. The van der Waals surface area contributed by atoms with Crippen LogP contribution >= 0.6 is 0 Å². The van der Waals surface area contributed by atoms with E-state index in [0.29, 0.717) is 0 Å². The monoisotopic (exact) mass is 337 g/mol. The second-order valence-electron chi connectivity index (χ2n) is 9.25. The van der Waals surface area contributed by atoms with Crippen LogP contribution in [-0.4, -0.2) is 6.54 Å². The van der Waals surface area contributed by atoms with Crippen LogP contribution in [0.5, 0.6) is 0 Å². The van der Waals surface area contributed by atoms with Crippen LogP contribution in [0.2, 0.25) is 0 Å². The van der Waals surface area contributed by atoms with Crippen molar-refractivity contribution in [3.8, 4) is 0 Å². The third-order valence-corrected chi connectivity index (χ3v) is 4.99. The van der Waals surface area contributed by atoms with Crippen LogP contribution in [0.1, 0.15) is 70.7 Å². The van der Waals surface area contributed by atoms with Gasteiger partial charge in [-0.3, -0.25) is 0 Å². The van der Waals surface area contributed by atoms with Crippen LogP contribution < -0.4 is 4.90 Å². The van der Waals surface area contributed by atoms with Crippen molar-refractivity contribution in [2.45, 2.75) is 73.1 Å². The molecule has 2 aromatic rings. The largest absolute Gasteiger partial charge is 0.341 e. The van der Waals surface area contributed by atoms with Gasteiger partial charge in [-0.25, -0.2) is 0 Å². The summed E-state index contributed by atoms with van der Waals surface area (Å²) in [4.78, 5) is 2.43. The topological polar surface area (TPSA) is 3.24 Å². The van der Waals surface area contributed by atoms with E-state index in [2.05, 4.69) is 104 Å². The molecule has 0 fully saturated rings. The third-order valence-electron chi connectivity index (χ3n) is 4.99. The van der Waals surface area contributed by atoms with Gasteiger partial charge >= 0.3 is 0 Å². The SMILES string of the molecule is CCN(c1ccc(C(C)(C)C)cc1)c1c(C)cc(C(C)(C)C)cc1C. The quantitative estimate of drug-likeness (QED) is 0.579. The lowest BCUT2D eigenvalue weighted by Gasteiger charge is -2.30. The molecule has 0 saturated heterocycles. The smallest absolute Gasteiger partial charge is 0.0470 e. The zero-order chi connectivity index (χ0) is 19.0. The number of rotatable bonds is 3. The van der Waals surface area contributed by atoms with Crippen LogP contribution in [0.15, 0.2) is 36.4 Å². The van der Waals surface area contributed by atoms with Gasteiger partial charge < -0.3 is 4.90 Å². The predicted molar refractivity (Wildman–Crippen MR) is 112 cm³/mol. The minimum absolute atomic E-state index is 0.180. The Morgan fingerprint density at radius 2 is 1.16 bits per heavy atom. The fraction of sp³-hybridized carbons (Fsp3) is 0.500. The highest BCUT2D eigenvalue weighted by atomic mass is 15.1. The number of aryl methyl sites for hydroxylation is 2. The van der Waals surface area contributed by atoms with Crippen molar-refractivity contribution in [3.63, 3.8) is 0 Å². The molecular formula is C24H35N. The standard InChI is InChI=1S/C24H35N/c1-10-25(21-13-11-19(12-14-21)23(4,5)6)22-17(2)15-20(16-18(22)3)24(7,8)9/h11-16H,10H2,1-9H3. The summed E-state index contributed by atoms with van der Waals surface area (Å²) in [6, 6.07) is 13.8. The summed E-state index contributed by atoms with van der Waals surface area (Å²) in [7, 11) is 0. The van der Waals surface area contributed by atoms with E-state index in [-0.39, 0.29) is 10.8 Å². The van der Waals surface area contributed by atoms with Crippen LogP contribution in [0.4, 0.5) is 11.4 Å². The Labute approximate surface area is 155 Å². The number of benzene rings is 2. The summed E-state index contributed by atoms with van der Waals surface area (Å²) in [5.74, 6) is 0. The predicted octanol–water partition coefficient (Wildman–Crippen LogP) is 7.06. The highest BCUT2D eigenvalue weighted by Gasteiger charge is 2.20. The second-order valence-corrected chi connectivity index (χ2v) is 9.25. The molecule has 25 heavy (non-hydrogen) atoms. The summed E-state index contributed by atoms with van der Waals surface area (Å²) < 4.78 is 0. The Kier molecular flexibility index (Phi) is 5.37. The zero-order valence-corrected chi connectivity index (χ0v) is 17.6. The molecule has 0 amide bonds.